The van der Waals surface area contributed by atoms with E-state index < -0.39 is 0 Å². The van der Waals surface area contributed by atoms with Crippen molar-refractivity contribution >= 4 is 52.2 Å². The molecule has 0 atom stereocenters. The molecule has 0 N–H and O–H groups in total. The molecule has 2 heteroatoms. The van der Waals surface area contributed by atoms with Gasteiger partial charge >= 0.3 is 0 Å². The fourth-order valence-corrected chi connectivity index (χ4v) is 6.68. The molecule has 6 rings (SSSR count). The summed E-state index contributed by atoms with van der Waals surface area (Å²) >= 11 is 3.83. The van der Waals surface area contributed by atoms with Crippen LogP contribution in [0, 0.1) is 6.92 Å². The summed E-state index contributed by atoms with van der Waals surface area (Å²) in [5.41, 5.74) is 6.37. The monoisotopic (exact) mass is 406 g/mol. The van der Waals surface area contributed by atoms with Gasteiger partial charge in [-0.3, -0.25) is 0 Å². The van der Waals surface area contributed by atoms with Crippen LogP contribution in [0.15, 0.2) is 91.0 Å². The van der Waals surface area contributed by atoms with E-state index in [2.05, 4.69) is 97.9 Å². The van der Waals surface area contributed by atoms with Crippen LogP contribution in [0.25, 0.3) is 51.8 Å². The Morgan fingerprint density at radius 2 is 1.00 bits per heavy atom. The molecule has 0 aliphatic heterocycles. The number of aryl methyl sites for hydroxylation is 1. The number of hydrogen-bond acceptors (Lipinski definition) is 2. The molecule has 2 heterocycles. The zero-order valence-electron chi connectivity index (χ0n) is 16.0. The zero-order chi connectivity index (χ0) is 19.4. The highest BCUT2D eigenvalue weighted by molar-refractivity contribution is 7.36. The van der Waals surface area contributed by atoms with Crippen molar-refractivity contribution in [2.75, 3.05) is 0 Å². The van der Waals surface area contributed by atoms with Gasteiger partial charge in [0, 0.05) is 20.2 Å². The Morgan fingerprint density at radius 1 is 0.483 bits per heavy atom. The van der Waals surface area contributed by atoms with Gasteiger partial charge < -0.3 is 0 Å². The van der Waals surface area contributed by atoms with E-state index >= 15 is 0 Å². The van der Waals surface area contributed by atoms with Crippen LogP contribution in [0.2, 0.25) is 0 Å². The quantitative estimate of drug-likeness (QED) is 0.269. The molecule has 0 saturated carbocycles. The smallest absolute Gasteiger partial charge is 0.0542 e. The van der Waals surface area contributed by atoms with Crippen molar-refractivity contribution in [2.45, 2.75) is 6.92 Å². The molecular formula is C27H18S2. The Bertz CT molecular complexity index is 1480. The van der Waals surface area contributed by atoms with E-state index in [1.807, 2.05) is 22.7 Å². The Kier molecular flexibility index (Phi) is 3.83. The van der Waals surface area contributed by atoms with Crippen molar-refractivity contribution in [3.63, 3.8) is 0 Å². The summed E-state index contributed by atoms with van der Waals surface area (Å²) in [5, 5.41) is 2.77. The van der Waals surface area contributed by atoms with E-state index in [0.29, 0.717) is 0 Å². The predicted molar refractivity (Wildman–Crippen MR) is 130 cm³/mol. The third-order valence-electron chi connectivity index (χ3n) is 5.59. The third kappa shape index (κ3) is 2.79. The minimum Gasteiger partial charge on any atom is -0.134 e. The minimum absolute atomic E-state index is 1.26. The van der Waals surface area contributed by atoms with Gasteiger partial charge in [0.25, 0.3) is 0 Å². The molecule has 6 aromatic rings. The number of benzene rings is 4. The van der Waals surface area contributed by atoms with Gasteiger partial charge in [0.05, 0.1) is 9.40 Å². The maximum Gasteiger partial charge on any atom is 0.0542 e. The van der Waals surface area contributed by atoms with Gasteiger partial charge in [-0.15, -0.1) is 22.7 Å². The molecule has 0 amide bonds. The topological polar surface area (TPSA) is 0 Å². The van der Waals surface area contributed by atoms with Crippen molar-refractivity contribution in [3.05, 3.63) is 96.6 Å². The Labute approximate surface area is 177 Å². The van der Waals surface area contributed by atoms with Crippen molar-refractivity contribution < 1.29 is 0 Å². The molecule has 0 saturated heterocycles. The van der Waals surface area contributed by atoms with Crippen molar-refractivity contribution in [3.8, 4) is 22.3 Å². The summed E-state index contributed by atoms with van der Waals surface area (Å²) in [6, 6.07) is 33.3. The van der Waals surface area contributed by atoms with Crippen LogP contribution >= 0.6 is 22.7 Å². The second-order valence-corrected chi connectivity index (χ2v) is 9.62. The van der Waals surface area contributed by atoms with Crippen molar-refractivity contribution in [1.82, 2.24) is 0 Å². The Morgan fingerprint density at radius 3 is 1.72 bits per heavy atom. The lowest BCUT2D eigenvalue weighted by Crippen LogP contribution is -1.81. The number of rotatable bonds is 2. The molecule has 138 valence electrons. The van der Waals surface area contributed by atoms with Crippen molar-refractivity contribution in [1.29, 1.82) is 0 Å². The van der Waals surface area contributed by atoms with Crippen LogP contribution in [0.1, 0.15) is 5.56 Å². The van der Waals surface area contributed by atoms with Crippen LogP contribution in [-0.2, 0) is 0 Å². The van der Waals surface area contributed by atoms with Crippen LogP contribution in [0.5, 0.6) is 0 Å². The summed E-state index contributed by atoms with van der Waals surface area (Å²) < 4.78 is 5.60. The lowest BCUT2D eigenvalue weighted by Gasteiger charge is -2.06. The molecule has 29 heavy (non-hydrogen) atoms. The molecule has 0 spiro atoms. The average Bonchev–Trinajstić information content (AvgIpc) is 3.30. The van der Waals surface area contributed by atoms with Gasteiger partial charge in [0.1, 0.15) is 0 Å². The summed E-state index contributed by atoms with van der Waals surface area (Å²) in [6.45, 7) is 2.13. The maximum atomic E-state index is 2.35. The first-order chi connectivity index (χ1) is 14.3. The van der Waals surface area contributed by atoms with E-state index in [1.165, 1.54) is 57.4 Å². The standard InChI is InChI=1S/C27H18S2/c1-17-6-8-18(9-7-17)19-10-12-20(13-11-19)21-14-15-23-25(16-21)29-26-22-4-2-3-5-24(22)28-27(23)26/h2-16H,1H3. The van der Waals surface area contributed by atoms with Crippen LogP contribution < -0.4 is 0 Å². The van der Waals surface area contributed by atoms with E-state index in [0.717, 1.165) is 0 Å². The molecule has 0 bridgehead atoms. The molecule has 0 aliphatic rings. The first-order valence-electron chi connectivity index (χ1n) is 9.77. The van der Waals surface area contributed by atoms with E-state index in [4.69, 9.17) is 0 Å². The number of fused-ring (bicyclic) bond motifs is 5. The van der Waals surface area contributed by atoms with Gasteiger partial charge in [0.15, 0.2) is 0 Å². The molecule has 4 aromatic carbocycles. The fourth-order valence-electron chi connectivity index (χ4n) is 3.99. The van der Waals surface area contributed by atoms with Gasteiger partial charge in [0.2, 0.25) is 0 Å². The highest BCUT2D eigenvalue weighted by atomic mass is 32.1. The Balaban J connectivity index is 1.42. The van der Waals surface area contributed by atoms with Gasteiger partial charge in [-0.1, -0.05) is 84.4 Å². The highest BCUT2D eigenvalue weighted by Gasteiger charge is 2.12. The lowest BCUT2D eigenvalue weighted by molar-refractivity contribution is 1.47. The summed E-state index contributed by atoms with van der Waals surface area (Å²) in [5.74, 6) is 0. The highest BCUT2D eigenvalue weighted by Crippen LogP contribution is 2.44. The third-order valence-corrected chi connectivity index (χ3v) is 8.11. The summed E-state index contributed by atoms with van der Waals surface area (Å²) in [6.07, 6.45) is 0. The second-order valence-electron chi connectivity index (χ2n) is 7.51. The van der Waals surface area contributed by atoms with Gasteiger partial charge in [-0.05, 0) is 41.3 Å². The molecule has 0 radical (unpaired) electrons. The van der Waals surface area contributed by atoms with Gasteiger partial charge in [-0.2, -0.15) is 0 Å². The Hall–Kier alpha value is -2.94. The van der Waals surface area contributed by atoms with E-state index in [-0.39, 0.29) is 0 Å². The summed E-state index contributed by atoms with van der Waals surface area (Å²) in [7, 11) is 0. The average molecular weight is 407 g/mol. The normalized spacial score (nSPS) is 11.6. The molecule has 0 fully saturated rings. The summed E-state index contributed by atoms with van der Waals surface area (Å²) in [4.78, 5) is 0. The first-order valence-corrected chi connectivity index (χ1v) is 11.4. The van der Waals surface area contributed by atoms with Crippen LogP contribution in [-0.4, -0.2) is 0 Å². The molecule has 2 aromatic heterocycles. The van der Waals surface area contributed by atoms with E-state index in [9.17, 15) is 0 Å². The number of hydrogen-bond donors (Lipinski definition) is 0. The van der Waals surface area contributed by atoms with Crippen molar-refractivity contribution in [2.24, 2.45) is 0 Å². The second kappa shape index (κ2) is 6.55. The first kappa shape index (κ1) is 17.0. The fraction of sp³-hybridized carbons (Fsp3) is 0.0370. The molecule has 0 aliphatic carbocycles. The zero-order valence-corrected chi connectivity index (χ0v) is 17.6. The predicted octanol–water partition coefficient (Wildman–Crippen LogP) is 8.91. The van der Waals surface area contributed by atoms with Gasteiger partial charge in [-0.25, -0.2) is 0 Å². The van der Waals surface area contributed by atoms with Crippen LogP contribution in [0.3, 0.4) is 0 Å². The lowest BCUT2D eigenvalue weighted by atomic mass is 9.99. The molecule has 0 nitrogen and oxygen atoms in total. The maximum absolute atomic E-state index is 2.35. The molecular weight excluding hydrogens is 388 g/mol. The number of thiophene rings is 2. The SMILES string of the molecule is Cc1ccc(-c2ccc(-c3ccc4c(c3)sc3c5ccccc5sc43)cc2)cc1. The largest absolute Gasteiger partial charge is 0.134 e. The molecule has 0 unspecified atom stereocenters. The minimum atomic E-state index is 1.26. The van der Waals surface area contributed by atoms with E-state index in [1.54, 1.807) is 0 Å². The van der Waals surface area contributed by atoms with Crippen LogP contribution in [0.4, 0.5) is 0 Å².